The SMILES string of the molecule is Cc1cnn(C2CN(C(C)c3ccc(F)cc3F)C2)c1. The highest BCUT2D eigenvalue weighted by Crippen LogP contribution is 2.32. The van der Waals surface area contributed by atoms with Crippen molar-refractivity contribution >= 4 is 0 Å². The number of benzene rings is 1. The van der Waals surface area contributed by atoms with Gasteiger partial charge in [-0.15, -0.1) is 0 Å². The fraction of sp³-hybridized carbons (Fsp3) is 0.400. The van der Waals surface area contributed by atoms with Crippen molar-refractivity contribution in [3.8, 4) is 0 Å². The lowest BCUT2D eigenvalue weighted by molar-refractivity contribution is 0.0581. The molecule has 0 aliphatic carbocycles. The first kappa shape index (κ1) is 13.2. The third-order valence-electron chi connectivity index (χ3n) is 3.96. The Kier molecular flexibility index (Phi) is 3.30. The minimum Gasteiger partial charge on any atom is -0.292 e. The van der Waals surface area contributed by atoms with Gasteiger partial charge in [0.05, 0.1) is 12.2 Å². The molecule has 0 spiro atoms. The van der Waals surface area contributed by atoms with Crippen LogP contribution in [0, 0.1) is 18.6 Å². The Morgan fingerprint density at radius 2 is 2.05 bits per heavy atom. The molecule has 2 aromatic rings. The Balaban J connectivity index is 1.67. The first-order valence-corrected chi connectivity index (χ1v) is 6.74. The third-order valence-corrected chi connectivity index (χ3v) is 3.96. The summed E-state index contributed by atoms with van der Waals surface area (Å²) in [5.41, 5.74) is 1.68. The third kappa shape index (κ3) is 2.33. The summed E-state index contributed by atoms with van der Waals surface area (Å²) in [4.78, 5) is 2.16. The van der Waals surface area contributed by atoms with E-state index in [1.54, 1.807) is 0 Å². The molecule has 106 valence electrons. The lowest BCUT2D eigenvalue weighted by Gasteiger charge is -2.43. The monoisotopic (exact) mass is 277 g/mol. The molecule has 5 heteroatoms. The summed E-state index contributed by atoms with van der Waals surface area (Å²) < 4.78 is 28.6. The van der Waals surface area contributed by atoms with Crippen LogP contribution in [-0.4, -0.2) is 27.8 Å². The zero-order chi connectivity index (χ0) is 14.3. The predicted molar refractivity (Wildman–Crippen MR) is 72.3 cm³/mol. The first-order valence-electron chi connectivity index (χ1n) is 6.74. The van der Waals surface area contributed by atoms with Gasteiger partial charge in [0.1, 0.15) is 11.6 Å². The summed E-state index contributed by atoms with van der Waals surface area (Å²) in [5, 5.41) is 4.30. The molecule has 20 heavy (non-hydrogen) atoms. The molecule has 0 amide bonds. The molecule has 1 atom stereocenters. The van der Waals surface area contributed by atoms with Crippen molar-refractivity contribution in [3.05, 3.63) is 53.4 Å². The van der Waals surface area contributed by atoms with Crippen LogP contribution < -0.4 is 0 Å². The second-order valence-electron chi connectivity index (χ2n) is 5.45. The molecule has 0 bridgehead atoms. The first-order chi connectivity index (χ1) is 9.54. The van der Waals surface area contributed by atoms with Gasteiger partial charge in [-0.25, -0.2) is 8.78 Å². The van der Waals surface area contributed by atoms with Gasteiger partial charge in [0.25, 0.3) is 0 Å². The summed E-state index contributed by atoms with van der Waals surface area (Å²) in [6.45, 7) is 5.62. The number of aromatic nitrogens is 2. The number of hydrogen-bond acceptors (Lipinski definition) is 2. The molecule has 1 aliphatic rings. The minimum atomic E-state index is -0.535. The van der Waals surface area contributed by atoms with Crippen LogP contribution in [0.5, 0.6) is 0 Å². The van der Waals surface area contributed by atoms with Crippen molar-refractivity contribution in [2.45, 2.75) is 25.9 Å². The van der Waals surface area contributed by atoms with Crippen LogP contribution in [0.1, 0.15) is 30.1 Å². The zero-order valence-electron chi connectivity index (χ0n) is 11.6. The summed E-state index contributed by atoms with van der Waals surface area (Å²) in [6, 6.07) is 4.07. The smallest absolute Gasteiger partial charge is 0.130 e. The van der Waals surface area contributed by atoms with Crippen LogP contribution in [0.25, 0.3) is 0 Å². The second kappa shape index (κ2) is 4.98. The Morgan fingerprint density at radius 3 is 2.65 bits per heavy atom. The van der Waals surface area contributed by atoms with Gasteiger partial charge in [-0.05, 0) is 25.5 Å². The predicted octanol–water partition coefficient (Wildman–Crippen LogP) is 3.09. The van der Waals surface area contributed by atoms with Gasteiger partial charge in [-0.3, -0.25) is 9.58 Å². The van der Waals surface area contributed by atoms with Crippen LogP contribution in [0.2, 0.25) is 0 Å². The van der Waals surface area contributed by atoms with Gasteiger partial charge in [-0.1, -0.05) is 6.07 Å². The van der Waals surface area contributed by atoms with E-state index in [1.807, 2.05) is 30.9 Å². The van der Waals surface area contributed by atoms with Crippen LogP contribution in [0.15, 0.2) is 30.6 Å². The molecule has 1 aromatic heterocycles. The Morgan fingerprint density at radius 1 is 1.30 bits per heavy atom. The highest BCUT2D eigenvalue weighted by atomic mass is 19.1. The van der Waals surface area contributed by atoms with Gasteiger partial charge in [-0.2, -0.15) is 5.10 Å². The number of likely N-dealkylation sites (tertiary alicyclic amines) is 1. The van der Waals surface area contributed by atoms with Crippen LogP contribution in [-0.2, 0) is 0 Å². The van der Waals surface area contributed by atoms with E-state index in [4.69, 9.17) is 0 Å². The molecule has 0 saturated carbocycles. The number of halogens is 2. The van der Waals surface area contributed by atoms with Gasteiger partial charge in [0, 0.05) is 37.0 Å². The molecule has 1 unspecified atom stereocenters. The van der Waals surface area contributed by atoms with E-state index in [0.29, 0.717) is 11.6 Å². The topological polar surface area (TPSA) is 21.1 Å². The molecule has 2 heterocycles. The van der Waals surface area contributed by atoms with Crippen LogP contribution >= 0.6 is 0 Å². The molecule has 1 aromatic carbocycles. The largest absolute Gasteiger partial charge is 0.292 e. The van der Waals surface area contributed by atoms with Gasteiger partial charge in [0.15, 0.2) is 0 Å². The Hall–Kier alpha value is -1.75. The standard InChI is InChI=1S/C15H17F2N3/c1-10-6-18-20(7-10)13-8-19(9-13)11(2)14-4-3-12(16)5-15(14)17/h3-7,11,13H,8-9H2,1-2H3. The van der Waals surface area contributed by atoms with E-state index in [-0.39, 0.29) is 6.04 Å². The van der Waals surface area contributed by atoms with Crippen molar-refractivity contribution in [2.24, 2.45) is 0 Å². The maximum absolute atomic E-state index is 13.8. The molecular formula is C15H17F2N3. The van der Waals surface area contributed by atoms with E-state index in [2.05, 4.69) is 10.00 Å². The van der Waals surface area contributed by atoms with Crippen molar-refractivity contribution in [2.75, 3.05) is 13.1 Å². The van der Waals surface area contributed by atoms with Gasteiger partial charge >= 0.3 is 0 Å². The molecule has 0 radical (unpaired) electrons. The van der Waals surface area contributed by atoms with Crippen molar-refractivity contribution < 1.29 is 8.78 Å². The normalized spacial score (nSPS) is 18.0. The molecule has 0 N–H and O–H groups in total. The van der Waals surface area contributed by atoms with Crippen LogP contribution in [0.3, 0.4) is 0 Å². The summed E-state index contributed by atoms with van der Waals surface area (Å²) >= 11 is 0. The van der Waals surface area contributed by atoms with Gasteiger partial charge in [0.2, 0.25) is 0 Å². The van der Waals surface area contributed by atoms with E-state index in [0.717, 1.165) is 24.7 Å². The number of aryl methyl sites for hydroxylation is 1. The summed E-state index contributed by atoms with van der Waals surface area (Å²) in [6.07, 6.45) is 3.86. The van der Waals surface area contributed by atoms with E-state index < -0.39 is 11.6 Å². The molecule has 1 aliphatic heterocycles. The molecular weight excluding hydrogens is 260 g/mol. The molecule has 3 rings (SSSR count). The summed E-state index contributed by atoms with van der Waals surface area (Å²) in [5.74, 6) is -1.01. The van der Waals surface area contributed by atoms with Crippen molar-refractivity contribution in [3.63, 3.8) is 0 Å². The number of hydrogen-bond donors (Lipinski definition) is 0. The molecule has 3 nitrogen and oxygen atoms in total. The fourth-order valence-corrected chi connectivity index (χ4v) is 2.64. The number of rotatable bonds is 3. The van der Waals surface area contributed by atoms with Crippen molar-refractivity contribution in [1.82, 2.24) is 14.7 Å². The van der Waals surface area contributed by atoms with Crippen LogP contribution in [0.4, 0.5) is 8.78 Å². The quantitative estimate of drug-likeness (QED) is 0.859. The van der Waals surface area contributed by atoms with E-state index in [9.17, 15) is 8.78 Å². The van der Waals surface area contributed by atoms with E-state index in [1.165, 1.54) is 12.1 Å². The minimum absolute atomic E-state index is 0.0523. The zero-order valence-corrected chi connectivity index (χ0v) is 11.6. The lowest BCUT2D eigenvalue weighted by Crippen LogP contribution is -2.48. The van der Waals surface area contributed by atoms with Gasteiger partial charge < -0.3 is 0 Å². The highest BCUT2D eigenvalue weighted by molar-refractivity contribution is 5.22. The number of nitrogens with zero attached hydrogens (tertiary/aromatic N) is 3. The average molecular weight is 277 g/mol. The second-order valence-corrected chi connectivity index (χ2v) is 5.45. The average Bonchev–Trinajstić information content (AvgIpc) is 2.73. The maximum Gasteiger partial charge on any atom is 0.130 e. The maximum atomic E-state index is 13.8. The highest BCUT2D eigenvalue weighted by Gasteiger charge is 2.33. The Labute approximate surface area is 116 Å². The summed E-state index contributed by atoms with van der Waals surface area (Å²) in [7, 11) is 0. The van der Waals surface area contributed by atoms with E-state index >= 15 is 0 Å². The fourth-order valence-electron chi connectivity index (χ4n) is 2.64. The molecule has 1 fully saturated rings. The lowest BCUT2D eigenvalue weighted by atomic mass is 10.00. The Bertz CT molecular complexity index is 617. The molecule has 1 saturated heterocycles. The van der Waals surface area contributed by atoms with Crippen molar-refractivity contribution in [1.29, 1.82) is 0 Å².